The molecule has 0 aromatic carbocycles. The first-order valence-corrected chi connectivity index (χ1v) is 13.1. The first kappa shape index (κ1) is 26.5. The van der Waals surface area contributed by atoms with Crippen molar-refractivity contribution in [1.29, 1.82) is 0 Å². The Morgan fingerprint density at radius 3 is 1.52 bits per heavy atom. The molecule has 1 saturated heterocycles. The Kier molecular flexibility index (Phi) is 17.7. The Labute approximate surface area is 181 Å². The van der Waals surface area contributed by atoms with Crippen LogP contribution in [0.2, 0.25) is 0 Å². The summed E-state index contributed by atoms with van der Waals surface area (Å²) >= 11 is 0. The summed E-state index contributed by atoms with van der Waals surface area (Å²) in [7, 11) is 0. The highest BCUT2D eigenvalue weighted by atomic mass is 16.6. The fraction of sp³-hybridized carbons (Fsp3) is 0.962. The molecule has 0 aromatic heterocycles. The van der Waals surface area contributed by atoms with Crippen LogP contribution in [0.15, 0.2) is 0 Å². The van der Waals surface area contributed by atoms with E-state index in [0.29, 0.717) is 6.61 Å². The van der Waals surface area contributed by atoms with Crippen LogP contribution in [0, 0.1) is 0 Å². The molecular formula is C26H50O3. The second-order valence-corrected chi connectivity index (χ2v) is 9.06. The maximum atomic E-state index is 11.9. The Morgan fingerprint density at radius 1 is 0.621 bits per heavy atom. The molecule has 1 rings (SSSR count). The number of ether oxygens (including phenoxy) is 2. The van der Waals surface area contributed by atoms with Crippen molar-refractivity contribution >= 4 is 5.97 Å². The van der Waals surface area contributed by atoms with Crippen molar-refractivity contribution in [3.05, 3.63) is 0 Å². The second kappa shape index (κ2) is 19.4. The zero-order valence-electron chi connectivity index (χ0n) is 19.7. The van der Waals surface area contributed by atoms with Gasteiger partial charge in [-0.1, -0.05) is 129 Å². The molecule has 0 aliphatic carbocycles. The molecule has 2 unspecified atom stereocenters. The lowest BCUT2D eigenvalue weighted by molar-refractivity contribution is -0.145. The van der Waals surface area contributed by atoms with Gasteiger partial charge in [-0.25, -0.2) is 4.79 Å². The van der Waals surface area contributed by atoms with Crippen LogP contribution < -0.4 is 0 Å². The van der Waals surface area contributed by atoms with Crippen LogP contribution in [-0.4, -0.2) is 24.8 Å². The number of hydrogen-bond donors (Lipinski definition) is 0. The normalized spacial score (nSPS) is 18.1. The van der Waals surface area contributed by atoms with E-state index in [-0.39, 0.29) is 18.2 Å². The number of hydrogen-bond acceptors (Lipinski definition) is 3. The lowest BCUT2D eigenvalue weighted by Crippen LogP contribution is -2.14. The van der Waals surface area contributed by atoms with E-state index in [9.17, 15) is 4.79 Å². The predicted molar refractivity (Wildman–Crippen MR) is 123 cm³/mol. The van der Waals surface area contributed by atoms with E-state index in [1.54, 1.807) is 0 Å². The van der Waals surface area contributed by atoms with Gasteiger partial charge in [-0.3, -0.25) is 0 Å². The van der Waals surface area contributed by atoms with Crippen LogP contribution >= 0.6 is 0 Å². The number of rotatable bonds is 22. The number of carbonyl (C=O) groups excluding carboxylic acids is 1. The fourth-order valence-electron chi connectivity index (χ4n) is 4.07. The average Bonchev–Trinajstić information content (AvgIpc) is 3.50. The molecule has 0 aromatic rings. The van der Waals surface area contributed by atoms with Crippen molar-refractivity contribution in [1.82, 2.24) is 0 Å². The Morgan fingerprint density at radius 2 is 1.03 bits per heavy atom. The van der Waals surface area contributed by atoms with E-state index < -0.39 is 0 Å². The maximum Gasteiger partial charge on any atom is 0.338 e. The smallest absolute Gasteiger partial charge is 0.338 e. The minimum absolute atomic E-state index is 0.127. The molecule has 1 fully saturated rings. The zero-order valence-corrected chi connectivity index (χ0v) is 19.7. The topological polar surface area (TPSA) is 38.8 Å². The molecule has 0 amide bonds. The highest BCUT2D eigenvalue weighted by Crippen LogP contribution is 2.29. The van der Waals surface area contributed by atoms with E-state index >= 15 is 0 Å². The van der Waals surface area contributed by atoms with Crippen LogP contribution in [0.5, 0.6) is 0 Å². The van der Waals surface area contributed by atoms with E-state index in [1.165, 1.54) is 116 Å². The van der Waals surface area contributed by atoms with Crippen molar-refractivity contribution in [3.63, 3.8) is 0 Å². The van der Waals surface area contributed by atoms with Gasteiger partial charge in [0.25, 0.3) is 0 Å². The van der Waals surface area contributed by atoms with Crippen molar-refractivity contribution in [2.24, 2.45) is 0 Å². The monoisotopic (exact) mass is 410 g/mol. The third kappa shape index (κ3) is 15.9. The Balaban J connectivity index is 1.78. The van der Waals surface area contributed by atoms with Crippen LogP contribution in [0.25, 0.3) is 0 Å². The number of epoxide rings is 1. The summed E-state index contributed by atoms with van der Waals surface area (Å²) in [6.07, 6.45) is 26.1. The highest BCUT2D eigenvalue weighted by molar-refractivity contribution is 5.77. The summed E-state index contributed by atoms with van der Waals surface area (Å²) < 4.78 is 10.9. The zero-order chi connectivity index (χ0) is 21.0. The summed E-state index contributed by atoms with van der Waals surface area (Å²) in [5.41, 5.74) is 0. The van der Waals surface area contributed by atoms with E-state index in [2.05, 4.69) is 13.8 Å². The molecule has 0 N–H and O–H groups in total. The first-order chi connectivity index (χ1) is 14.3. The van der Waals surface area contributed by atoms with Gasteiger partial charge in [0.2, 0.25) is 0 Å². The SMILES string of the molecule is CCCCCCCCCCCCCCCC1OC1C(=O)OCCCCCCCC. The Bertz CT molecular complexity index is 369. The summed E-state index contributed by atoms with van der Waals surface area (Å²) in [4.78, 5) is 11.9. The van der Waals surface area contributed by atoms with E-state index in [4.69, 9.17) is 9.47 Å². The predicted octanol–water partition coefficient (Wildman–Crippen LogP) is 8.14. The summed E-state index contributed by atoms with van der Waals surface area (Å²) in [6, 6.07) is 0. The lowest BCUT2D eigenvalue weighted by atomic mass is 10.0. The first-order valence-electron chi connectivity index (χ1n) is 13.1. The average molecular weight is 411 g/mol. The van der Waals surface area contributed by atoms with Gasteiger partial charge in [-0.2, -0.15) is 0 Å². The van der Waals surface area contributed by atoms with Gasteiger partial charge in [-0.05, 0) is 12.8 Å². The molecule has 3 heteroatoms. The van der Waals surface area contributed by atoms with Crippen molar-refractivity contribution in [2.75, 3.05) is 6.61 Å². The lowest BCUT2D eigenvalue weighted by Gasteiger charge is -2.03. The molecule has 172 valence electrons. The second-order valence-electron chi connectivity index (χ2n) is 9.06. The quantitative estimate of drug-likeness (QED) is 0.103. The minimum atomic E-state index is -0.257. The summed E-state index contributed by atoms with van der Waals surface area (Å²) in [5, 5.41) is 0. The van der Waals surface area contributed by atoms with Gasteiger partial charge in [0.05, 0.1) is 12.7 Å². The molecule has 2 atom stereocenters. The molecule has 1 aliphatic rings. The molecule has 0 spiro atoms. The van der Waals surface area contributed by atoms with Crippen LogP contribution in [0.3, 0.4) is 0 Å². The third-order valence-electron chi connectivity index (χ3n) is 6.15. The van der Waals surface area contributed by atoms with Gasteiger partial charge >= 0.3 is 5.97 Å². The number of carbonyl (C=O) groups is 1. The van der Waals surface area contributed by atoms with Crippen molar-refractivity contribution < 1.29 is 14.3 Å². The molecule has 3 nitrogen and oxygen atoms in total. The molecule has 1 aliphatic heterocycles. The largest absolute Gasteiger partial charge is 0.464 e. The Hall–Kier alpha value is -0.570. The highest BCUT2D eigenvalue weighted by Gasteiger charge is 2.45. The molecule has 0 radical (unpaired) electrons. The maximum absolute atomic E-state index is 11.9. The number of unbranched alkanes of at least 4 members (excludes halogenated alkanes) is 17. The van der Waals surface area contributed by atoms with E-state index in [0.717, 1.165) is 12.8 Å². The van der Waals surface area contributed by atoms with Gasteiger partial charge in [0.15, 0.2) is 6.10 Å². The molecule has 0 saturated carbocycles. The van der Waals surface area contributed by atoms with Gasteiger partial charge in [-0.15, -0.1) is 0 Å². The third-order valence-corrected chi connectivity index (χ3v) is 6.15. The molecule has 29 heavy (non-hydrogen) atoms. The molecular weight excluding hydrogens is 360 g/mol. The van der Waals surface area contributed by atoms with Gasteiger partial charge in [0, 0.05) is 0 Å². The molecule has 0 bridgehead atoms. The van der Waals surface area contributed by atoms with Crippen LogP contribution in [0.1, 0.15) is 142 Å². The van der Waals surface area contributed by atoms with Gasteiger partial charge < -0.3 is 9.47 Å². The summed E-state index contributed by atoms with van der Waals surface area (Å²) in [6.45, 7) is 5.07. The fourth-order valence-corrected chi connectivity index (χ4v) is 4.07. The molecule has 1 heterocycles. The van der Waals surface area contributed by atoms with Crippen LogP contribution in [0.4, 0.5) is 0 Å². The van der Waals surface area contributed by atoms with Crippen molar-refractivity contribution in [2.45, 2.75) is 154 Å². The minimum Gasteiger partial charge on any atom is -0.464 e. The van der Waals surface area contributed by atoms with Crippen LogP contribution in [-0.2, 0) is 14.3 Å². The van der Waals surface area contributed by atoms with E-state index in [1.807, 2.05) is 0 Å². The van der Waals surface area contributed by atoms with Gasteiger partial charge in [0.1, 0.15) is 0 Å². The summed E-state index contributed by atoms with van der Waals surface area (Å²) in [5.74, 6) is -0.127. The number of esters is 1. The standard InChI is InChI=1S/C26H50O3/c1-3-5-7-9-11-12-13-14-15-16-17-18-20-22-24-25(29-24)26(27)28-23-21-19-10-8-6-4-2/h24-25H,3-23H2,1-2H3. The van der Waals surface area contributed by atoms with Crippen molar-refractivity contribution in [3.8, 4) is 0 Å².